The first-order valence-corrected chi connectivity index (χ1v) is 5.39. The second-order valence-electron chi connectivity index (χ2n) is 5.10. The molecule has 0 aliphatic carbocycles. The van der Waals surface area contributed by atoms with Gasteiger partial charge in [-0.1, -0.05) is 0 Å². The number of likely N-dealkylation sites (tertiary alicyclic amines) is 1. The summed E-state index contributed by atoms with van der Waals surface area (Å²) in [6, 6.07) is -0.0742. The normalized spacial score (nSPS) is 27.1. The van der Waals surface area contributed by atoms with E-state index in [1.807, 2.05) is 20.8 Å². The molecule has 0 aromatic rings. The maximum Gasteiger partial charge on any atom is 0.219 e. The van der Waals surface area contributed by atoms with E-state index in [2.05, 4.69) is 0 Å². The SMILES string of the molecule is CC(=O)N1CC(OC(C)(C)C)CC1CO. The highest BCUT2D eigenvalue weighted by Crippen LogP contribution is 2.24. The highest BCUT2D eigenvalue weighted by Gasteiger charge is 2.35. The molecule has 0 radical (unpaired) electrons. The number of nitrogens with zero attached hydrogens (tertiary/aromatic N) is 1. The first-order valence-electron chi connectivity index (χ1n) is 5.39. The van der Waals surface area contributed by atoms with Gasteiger partial charge in [-0.25, -0.2) is 0 Å². The van der Waals surface area contributed by atoms with Crippen molar-refractivity contribution in [2.45, 2.75) is 51.9 Å². The van der Waals surface area contributed by atoms with E-state index < -0.39 is 0 Å². The number of aliphatic hydroxyl groups is 1. The van der Waals surface area contributed by atoms with Crippen LogP contribution in [0, 0.1) is 0 Å². The van der Waals surface area contributed by atoms with Gasteiger partial charge < -0.3 is 14.7 Å². The van der Waals surface area contributed by atoms with Crippen molar-refractivity contribution >= 4 is 5.91 Å². The fourth-order valence-corrected chi connectivity index (χ4v) is 2.02. The van der Waals surface area contributed by atoms with Crippen LogP contribution in [0.4, 0.5) is 0 Å². The zero-order valence-electron chi connectivity index (χ0n) is 9.99. The Hall–Kier alpha value is -0.610. The second-order valence-corrected chi connectivity index (χ2v) is 5.10. The van der Waals surface area contributed by atoms with Gasteiger partial charge in [0.15, 0.2) is 0 Å². The highest BCUT2D eigenvalue weighted by atomic mass is 16.5. The van der Waals surface area contributed by atoms with E-state index in [1.54, 1.807) is 4.90 Å². The number of hydrogen-bond acceptors (Lipinski definition) is 3. The number of aliphatic hydroxyl groups excluding tert-OH is 1. The van der Waals surface area contributed by atoms with Gasteiger partial charge in [0.1, 0.15) is 0 Å². The molecule has 1 heterocycles. The van der Waals surface area contributed by atoms with Gasteiger partial charge in [0.2, 0.25) is 5.91 Å². The number of carbonyl (C=O) groups is 1. The molecule has 0 aromatic carbocycles. The molecule has 0 bridgehead atoms. The van der Waals surface area contributed by atoms with Crippen molar-refractivity contribution in [2.24, 2.45) is 0 Å². The Balaban J connectivity index is 2.57. The molecular formula is C11H21NO3. The Morgan fingerprint density at radius 2 is 2.13 bits per heavy atom. The third-order valence-corrected chi connectivity index (χ3v) is 2.51. The molecule has 0 saturated carbocycles. The summed E-state index contributed by atoms with van der Waals surface area (Å²) in [5.74, 6) is 0.00839. The molecule has 2 atom stereocenters. The summed E-state index contributed by atoms with van der Waals surface area (Å²) in [6.45, 7) is 8.13. The zero-order valence-corrected chi connectivity index (χ0v) is 9.99. The van der Waals surface area contributed by atoms with Gasteiger partial charge in [0.25, 0.3) is 0 Å². The van der Waals surface area contributed by atoms with E-state index >= 15 is 0 Å². The van der Waals surface area contributed by atoms with E-state index in [0.29, 0.717) is 6.54 Å². The lowest BCUT2D eigenvalue weighted by atomic mass is 10.1. The van der Waals surface area contributed by atoms with Crippen LogP contribution in [0.2, 0.25) is 0 Å². The van der Waals surface area contributed by atoms with Gasteiger partial charge in [0.05, 0.1) is 24.4 Å². The molecule has 4 heteroatoms. The van der Waals surface area contributed by atoms with Gasteiger partial charge in [-0.05, 0) is 27.2 Å². The molecule has 1 N–H and O–H groups in total. The lowest BCUT2D eigenvalue weighted by molar-refractivity contribution is -0.131. The number of rotatable bonds is 2. The largest absolute Gasteiger partial charge is 0.394 e. The van der Waals surface area contributed by atoms with Crippen LogP contribution in [0.1, 0.15) is 34.1 Å². The monoisotopic (exact) mass is 215 g/mol. The summed E-state index contributed by atoms with van der Waals surface area (Å²) < 4.78 is 5.81. The highest BCUT2D eigenvalue weighted by molar-refractivity contribution is 5.74. The van der Waals surface area contributed by atoms with E-state index in [-0.39, 0.29) is 30.3 Å². The van der Waals surface area contributed by atoms with Crippen molar-refractivity contribution in [3.63, 3.8) is 0 Å². The van der Waals surface area contributed by atoms with Crippen LogP contribution < -0.4 is 0 Å². The molecule has 4 nitrogen and oxygen atoms in total. The molecule has 1 fully saturated rings. The van der Waals surface area contributed by atoms with Crippen molar-refractivity contribution in [1.29, 1.82) is 0 Å². The minimum Gasteiger partial charge on any atom is -0.394 e. The fraction of sp³-hybridized carbons (Fsp3) is 0.909. The lowest BCUT2D eigenvalue weighted by Gasteiger charge is -2.24. The van der Waals surface area contributed by atoms with Gasteiger partial charge in [0, 0.05) is 13.5 Å². The van der Waals surface area contributed by atoms with Crippen LogP contribution in [0.25, 0.3) is 0 Å². The summed E-state index contributed by atoms with van der Waals surface area (Å²) >= 11 is 0. The predicted octanol–water partition coefficient (Wildman–Crippen LogP) is 0.783. The molecule has 88 valence electrons. The molecule has 0 spiro atoms. The minimum absolute atomic E-state index is 0.00839. The van der Waals surface area contributed by atoms with Crippen molar-refractivity contribution in [2.75, 3.05) is 13.2 Å². The lowest BCUT2D eigenvalue weighted by Crippen LogP contribution is -2.36. The van der Waals surface area contributed by atoms with Crippen LogP contribution in [-0.4, -0.2) is 46.8 Å². The second kappa shape index (κ2) is 4.49. The molecule has 1 aliphatic heterocycles. The van der Waals surface area contributed by atoms with Crippen molar-refractivity contribution < 1.29 is 14.6 Å². The summed E-state index contributed by atoms with van der Waals surface area (Å²) in [7, 11) is 0. The van der Waals surface area contributed by atoms with E-state index in [0.717, 1.165) is 6.42 Å². The molecule has 0 aromatic heterocycles. The van der Waals surface area contributed by atoms with Crippen LogP contribution >= 0.6 is 0 Å². The van der Waals surface area contributed by atoms with Gasteiger partial charge in [-0.2, -0.15) is 0 Å². The number of ether oxygens (including phenoxy) is 1. The first-order chi connectivity index (χ1) is 6.83. The van der Waals surface area contributed by atoms with Crippen molar-refractivity contribution in [3.8, 4) is 0 Å². The molecule has 2 unspecified atom stereocenters. The predicted molar refractivity (Wildman–Crippen MR) is 57.5 cm³/mol. The van der Waals surface area contributed by atoms with Crippen LogP contribution in [0.3, 0.4) is 0 Å². The first kappa shape index (κ1) is 12.5. The van der Waals surface area contributed by atoms with E-state index in [1.165, 1.54) is 6.92 Å². The molecule has 1 saturated heterocycles. The molecular weight excluding hydrogens is 194 g/mol. The van der Waals surface area contributed by atoms with Gasteiger partial charge >= 0.3 is 0 Å². The van der Waals surface area contributed by atoms with Gasteiger partial charge in [-0.15, -0.1) is 0 Å². The smallest absolute Gasteiger partial charge is 0.219 e. The quantitative estimate of drug-likeness (QED) is 0.740. The average molecular weight is 215 g/mol. The molecule has 1 aliphatic rings. The summed E-state index contributed by atoms with van der Waals surface area (Å²) in [6.07, 6.45) is 0.777. The van der Waals surface area contributed by atoms with E-state index in [4.69, 9.17) is 9.84 Å². The van der Waals surface area contributed by atoms with Crippen molar-refractivity contribution in [3.05, 3.63) is 0 Å². The average Bonchev–Trinajstić information content (AvgIpc) is 2.44. The third-order valence-electron chi connectivity index (χ3n) is 2.51. The fourth-order valence-electron chi connectivity index (χ4n) is 2.02. The van der Waals surface area contributed by atoms with E-state index in [9.17, 15) is 4.79 Å². The Morgan fingerprint density at radius 3 is 2.47 bits per heavy atom. The Kier molecular flexibility index (Phi) is 3.73. The third kappa shape index (κ3) is 3.47. The Bertz CT molecular complexity index is 234. The minimum atomic E-state index is -0.197. The Morgan fingerprint density at radius 1 is 1.53 bits per heavy atom. The zero-order chi connectivity index (χ0) is 11.6. The number of hydrogen-bond donors (Lipinski definition) is 1. The van der Waals surface area contributed by atoms with Crippen LogP contribution in [0.15, 0.2) is 0 Å². The maximum absolute atomic E-state index is 11.3. The molecule has 1 rings (SSSR count). The van der Waals surface area contributed by atoms with Crippen LogP contribution in [-0.2, 0) is 9.53 Å². The molecule has 1 amide bonds. The van der Waals surface area contributed by atoms with Crippen molar-refractivity contribution in [1.82, 2.24) is 4.90 Å². The summed E-state index contributed by atoms with van der Waals surface area (Å²) in [5.41, 5.74) is -0.197. The summed E-state index contributed by atoms with van der Waals surface area (Å²) in [4.78, 5) is 13.0. The van der Waals surface area contributed by atoms with Crippen LogP contribution in [0.5, 0.6) is 0 Å². The standard InChI is InChI=1S/C11H21NO3/c1-8(14)12-6-10(5-9(12)7-13)15-11(2,3)4/h9-10,13H,5-7H2,1-4H3. The maximum atomic E-state index is 11.3. The Labute approximate surface area is 91.2 Å². The summed E-state index contributed by atoms with van der Waals surface area (Å²) in [5, 5.41) is 9.15. The number of amides is 1. The van der Waals surface area contributed by atoms with Gasteiger partial charge in [-0.3, -0.25) is 4.79 Å². The molecule has 15 heavy (non-hydrogen) atoms. The number of carbonyl (C=O) groups excluding carboxylic acids is 1. The topological polar surface area (TPSA) is 49.8 Å².